The van der Waals surface area contributed by atoms with E-state index < -0.39 is 6.10 Å². The first-order valence-electron chi connectivity index (χ1n) is 8.06. The van der Waals surface area contributed by atoms with Gasteiger partial charge in [0.2, 0.25) is 0 Å². The van der Waals surface area contributed by atoms with Crippen LogP contribution in [0.5, 0.6) is 0 Å². The molecule has 0 aliphatic carbocycles. The first kappa shape index (κ1) is 19.8. The molecule has 20 heavy (non-hydrogen) atoms. The summed E-state index contributed by atoms with van der Waals surface area (Å²) in [5.41, 5.74) is -0.150. The first-order valence-corrected chi connectivity index (χ1v) is 8.06. The molecule has 0 fully saturated rings. The number of aliphatic hydroxyl groups is 2. The Labute approximate surface area is 124 Å². The highest BCUT2D eigenvalue weighted by atomic mass is 16.5. The van der Waals surface area contributed by atoms with E-state index in [0.29, 0.717) is 25.5 Å². The van der Waals surface area contributed by atoms with Gasteiger partial charge in [-0.2, -0.15) is 0 Å². The van der Waals surface area contributed by atoms with E-state index in [1.54, 1.807) is 0 Å². The van der Waals surface area contributed by atoms with Crippen LogP contribution in [-0.2, 0) is 4.74 Å². The average molecular weight is 289 g/mol. The maximum absolute atomic E-state index is 9.89. The molecule has 0 aliphatic heterocycles. The summed E-state index contributed by atoms with van der Waals surface area (Å²) in [7, 11) is 0. The van der Waals surface area contributed by atoms with Gasteiger partial charge in [-0.15, -0.1) is 0 Å². The Bertz CT molecular complexity index is 222. The molecule has 0 aromatic heterocycles. The number of nitrogens with one attached hydrogen (secondary N) is 1. The molecule has 3 N–H and O–H groups in total. The van der Waals surface area contributed by atoms with E-state index >= 15 is 0 Å². The molecule has 0 spiro atoms. The summed E-state index contributed by atoms with van der Waals surface area (Å²) in [6.07, 6.45) is 5.01. The van der Waals surface area contributed by atoms with Crippen LogP contribution in [0.25, 0.3) is 0 Å². The molecule has 0 aromatic carbocycles. The normalized spacial score (nSPS) is 15.3. The molecule has 2 unspecified atom stereocenters. The lowest BCUT2D eigenvalue weighted by Crippen LogP contribution is -2.45. The Kier molecular flexibility index (Phi) is 11.4. The van der Waals surface area contributed by atoms with Gasteiger partial charge in [0.15, 0.2) is 0 Å². The summed E-state index contributed by atoms with van der Waals surface area (Å²) in [6, 6.07) is 0. The van der Waals surface area contributed by atoms with Gasteiger partial charge in [-0.05, 0) is 32.6 Å². The SMILES string of the molecule is CCCCC(CC)COCC(O)CNC(C)(C)CCO. The Balaban J connectivity index is 3.73. The molecule has 0 aromatic rings. The number of rotatable bonds is 13. The van der Waals surface area contributed by atoms with Gasteiger partial charge in [0.1, 0.15) is 0 Å². The number of hydrogen-bond donors (Lipinski definition) is 3. The van der Waals surface area contributed by atoms with E-state index in [9.17, 15) is 5.11 Å². The number of ether oxygens (including phenoxy) is 1. The van der Waals surface area contributed by atoms with Crippen LogP contribution in [0.2, 0.25) is 0 Å². The smallest absolute Gasteiger partial charge is 0.0897 e. The highest BCUT2D eigenvalue weighted by Gasteiger charge is 2.18. The summed E-state index contributed by atoms with van der Waals surface area (Å²) in [4.78, 5) is 0. The maximum Gasteiger partial charge on any atom is 0.0897 e. The van der Waals surface area contributed by atoms with Gasteiger partial charge < -0.3 is 20.3 Å². The van der Waals surface area contributed by atoms with Crippen molar-refractivity contribution in [2.24, 2.45) is 5.92 Å². The minimum Gasteiger partial charge on any atom is -0.396 e. The zero-order chi connectivity index (χ0) is 15.4. The van der Waals surface area contributed by atoms with E-state index in [2.05, 4.69) is 19.2 Å². The van der Waals surface area contributed by atoms with Crippen molar-refractivity contribution in [3.63, 3.8) is 0 Å². The molecule has 0 aliphatic rings. The van der Waals surface area contributed by atoms with Gasteiger partial charge in [0.25, 0.3) is 0 Å². The quantitative estimate of drug-likeness (QED) is 0.487. The highest BCUT2D eigenvalue weighted by Crippen LogP contribution is 2.13. The second kappa shape index (κ2) is 11.5. The third-order valence-corrected chi connectivity index (χ3v) is 3.76. The molecule has 0 amide bonds. The summed E-state index contributed by atoms with van der Waals surface area (Å²) in [6.45, 7) is 10.2. The molecule has 4 nitrogen and oxygen atoms in total. The molecule has 122 valence electrons. The molecular weight excluding hydrogens is 254 g/mol. The second-order valence-electron chi connectivity index (χ2n) is 6.35. The Morgan fingerprint density at radius 2 is 1.90 bits per heavy atom. The van der Waals surface area contributed by atoms with Crippen molar-refractivity contribution in [2.75, 3.05) is 26.4 Å². The van der Waals surface area contributed by atoms with Gasteiger partial charge in [-0.1, -0.05) is 33.1 Å². The van der Waals surface area contributed by atoms with E-state index in [1.807, 2.05) is 13.8 Å². The molecule has 0 heterocycles. The van der Waals surface area contributed by atoms with Crippen LogP contribution in [0.15, 0.2) is 0 Å². The Hall–Kier alpha value is -0.160. The minimum atomic E-state index is -0.489. The van der Waals surface area contributed by atoms with Crippen molar-refractivity contribution in [2.45, 2.75) is 71.4 Å². The summed E-state index contributed by atoms with van der Waals surface area (Å²) >= 11 is 0. The molecule has 2 atom stereocenters. The topological polar surface area (TPSA) is 61.7 Å². The second-order valence-corrected chi connectivity index (χ2v) is 6.35. The fourth-order valence-electron chi connectivity index (χ4n) is 2.09. The third-order valence-electron chi connectivity index (χ3n) is 3.76. The van der Waals surface area contributed by atoms with Crippen molar-refractivity contribution in [1.29, 1.82) is 0 Å². The Morgan fingerprint density at radius 1 is 1.20 bits per heavy atom. The van der Waals surface area contributed by atoms with E-state index in [0.717, 1.165) is 13.0 Å². The lowest BCUT2D eigenvalue weighted by atomic mass is 10.0. The molecule has 0 rings (SSSR count). The van der Waals surface area contributed by atoms with Crippen LogP contribution in [0.4, 0.5) is 0 Å². The van der Waals surface area contributed by atoms with E-state index in [1.165, 1.54) is 19.3 Å². The van der Waals surface area contributed by atoms with Gasteiger partial charge in [-0.3, -0.25) is 0 Å². The van der Waals surface area contributed by atoms with Crippen LogP contribution in [0, 0.1) is 5.92 Å². The minimum absolute atomic E-state index is 0.150. The van der Waals surface area contributed by atoms with Crippen molar-refractivity contribution in [3.05, 3.63) is 0 Å². The number of hydrogen-bond acceptors (Lipinski definition) is 4. The zero-order valence-corrected chi connectivity index (χ0v) is 13.8. The van der Waals surface area contributed by atoms with E-state index in [-0.39, 0.29) is 12.1 Å². The van der Waals surface area contributed by atoms with Crippen LogP contribution in [0.3, 0.4) is 0 Å². The van der Waals surface area contributed by atoms with Crippen molar-refractivity contribution in [1.82, 2.24) is 5.32 Å². The van der Waals surface area contributed by atoms with Gasteiger partial charge in [0, 0.05) is 25.3 Å². The highest BCUT2D eigenvalue weighted by molar-refractivity contribution is 4.78. The maximum atomic E-state index is 9.89. The monoisotopic (exact) mass is 289 g/mol. The van der Waals surface area contributed by atoms with Crippen molar-refractivity contribution >= 4 is 0 Å². The zero-order valence-electron chi connectivity index (χ0n) is 13.8. The predicted molar refractivity (Wildman–Crippen MR) is 83.9 cm³/mol. The molecule has 4 heteroatoms. The molecule has 0 bridgehead atoms. The largest absolute Gasteiger partial charge is 0.396 e. The van der Waals surface area contributed by atoms with E-state index in [4.69, 9.17) is 9.84 Å². The standard InChI is InChI=1S/C16H35NO3/c1-5-7-8-14(6-2)12-20-13-15(19)11-17-16(3,4)9-10-18/h14-15,17-19H,5-13H2,1-4H3. The lowest BCUT2D eigenvalue weighted by molar-refractivity contribution is 0.0161. The molecular formula is C16H35NO3. The van der Waals surface area contributed by atoms with Gasteiger partial charge >= 0.3 is 0 Å². The van der Waals surface area contributed by atoms with Crippen LogP contribution < -0.4 is 5.32 Å². The van der Waals surface area contributed by atoms with Crippen LogP contribution in [0.1, 0.15) is 59.8 Å². The van der Waals surface area contributed by atoms with Crippen molar-refractivity contribution < 1.29 is 14.9 Å². The van der Waals surface area contributed by atoms with Gasteiger partial charge in [-0.25, -0.2) is 0 Å². The predicted octanol–water partition coefficient (Wildman–Crippen LogP) is 2.33. The molecule has 0 saturated carbocycles. The number of unbranched alkanes of at least 4 members (excludes halogenated alkanes) is 1. The number of β-amino-alcohol motifs (C(OH)–C–C–N with tert-alkyl or cyclic N) is 1. The fraction of sp³-hybridized carbons (Fsp3) is 1.00. The fourth-order valence-corrected chi connectivity index (χ4v) is 2.09. The van der Waals surface area contributed by atoms with Gasteiger partial charge in [0.05, 0.1) is 12.7 Å². The number of aliphatic hydroxyl groups excluding tert-OH is 2. The molecule has 0 radical (unpaired) electrons. The summed E-state index contributed by atoms with van der Waals surface area (Å²) < 4.78 is 5.63. The third kappa shape index (κ3) is 10.6. The Morgan fingerprint density at radius 3 is 2.45 bits per heavy atom. The summed E-state index contributed by atoms with van der Waals surface area (Å²) in [5.74, 6) is 0.612. The first-order chi connectivity index (χ1) is 9.45. The lowest BCUT2D eigenvalue weighted by Gasteiger charge is -2.27. The van der Waals surface area contributed by atoms with Crippen molar-refractivity contribution in [3.8, 4) is 0 Å². The van der Waals surface area contributed by atoms with Crippen LogP contribution >= 0.6 is 0 Å². The molecule has 0 saturated heterocycles. The average Bonchev–Trinajstić information content (AvgIpc) is 2.40. The van der Waals surface area contributed by atoms with Crippen LogP contribution in [-0.4, -0.2) is 48.2 Å². The summed E-state index contributed by atoms with van der Waals surface area (Å²) in [5, 5.41) is 22.1.